The molecule has 0 amide bonds. The average Bonchev–Trinajstić information content (AvgIpc) is 2.28. The van der Waals surface area contributed by atoms with Crippen molar-refractivity contribution in [3.05, 3.63) is 0 Å². The SMILES string of the molecule is CNc1nc(OC)nc(SC(C)CO)n1. The van der Waals surface area contributed by atoms with Crippen molar-refractivity contribution >= 4 is 17.7 Å². The lowest BCUT2D eigenvalue weighted by molar-refractivity contribution is 0.299. The molecule has 2 N–H and O–H groups in total. The number of anilines is 1. The van der Waals surface area contributed by atoms with E-state index in [-0.39, 0.29) is 17.9 Å². The molecule has 0 aliphatic heterocycles. The number of aliphatic hydroxyl groups excluding tert-OH is 1. The Labute approximate surface area is 92.5 Å². The fourth-order valence-corrected chi connectivity index (χ4v) is 1.52. The second-order valence-electron chi connectivity index (χ2n) is 2.79. The molecule has 1 rings (SSSR count). The molecule has 0 fully saturated rings. The monoisotopic (exact) mass is 230 g/mol. The number of hydrogen-bond acceptors (Lipinski definition) is 7. The Balaban J connectivity index is 2.86. The van der Waals surface area contributed by atoms with Crippen molar-refractivity contribution in [2.45, 2.75) is 17.3 Å². The van der Waals surface area contributed by atoms with E-state index in [9.17, 15) is 0 Å². The van der Waals surface area contributed by atoms with Crippen molar-refractivity contribution < 1.29 is 9.84 Å². The van der Waals surface area contributed by atoms with Gasteiger partial charge < -0.3 is 15.2 Å². The van der Waals surface area contributed by atoms with Gasteiger partial charge in [-0.05, 0) is 0 Å². The highest BCUT2D eigenvalue weighted by Crippen LogP contribution is 2.21. The molecule has 0 radical (unpaired) electrons. The molecule has 84 valence electrons. The maximum atomic E-state index is 8.91. The number of hydrogen-bond donors (Lipinski definition) is 2. The minimum atomic E-state index is 0.0433. The number of aromatic nitrogens is 3. The maximum absolute atomic E-state index is 8.91. The summed E-state index contributed by atoms with van der Waals surface area (Å²) in [5, 5.41) is 12.3. The molecule has 15 heavy (non-hydrogen) atoms. The van der Waals surface area contributed by atoms with Crippen LogP contribution in [0.5, 0.6) is 6.01 Å². The van der Waals surface area contributed by atoms with Crippen molar-refractivity contribution in [1.29, 1.82) is 0 Å². The molecular formula is C8H14N4O2S. The van der Waals surface area contributed by atoms with Crippen molar-refractivity contribution in [2.24, 2.45) is 0 Å². The first-order valence-electron chi connectivity index (χ1n) is 4.45. The van der Waals surface area contributed by atoms with E-state index in [2.05, 4.69) is 20.3 Å². The summed E-state index contributed by atoms with van der Waals surface area (Å²) in [6, 6.07) is 0.266. The van der Waals surface area contributed by atoms with E-state index in [1.54, 1.807) is 7.05 Å². The highest BCUT2D eigenvalue weighted by atomic mass is 32.2. The highest BCUT2D eigenvalue weighted by molar-refractivity contribution is 7.99. The molecule has 0 saturated heterocycles. The predicted octanol–water partition coefficient (Wildman–Crippen LogP) is 0.395. The van der Waals surface area contributed by atoms with Crippen LogP contribution in [0.1, 0.15) is 6.92 Å². The van der Waals surface area contributed by atoms with Crippen LogP contribution in [-0.2, 0) is 0 Å². The van der Waals surface area contributed by atoms with Gasteiger partial charge in [0.15, 0.2) is 5.16 Å². The normalized spacial score (nSPS) is 12.3. The zero-order chi connectivity index (χ0) is 11.3. The fraction of sp³-hybridized carbons (Fsp3) is 0.625. The van der Waals surface area contributed by atoms with E-state index < -0.39 is 0 Å². The third kappa shape index (κ3) is 3.52. The van der Waals surface area contributed by atoms with Gasteiger partial charge in [0.1, 0.15) is 0 Å². The molecule has 1 unspecified atom stereocenters. The fourth-order valence-electron chi connectivity index (χ4n) is 0.811. The Hall–Kier alpha value is -1.08. The van der Waals surface area contributed by atoms with Crippen LogP contribution in [0.3, 0.4) is 0 Å². The van der Waals surface area contributed by atoms with Gasteiger partial charge in [0.05, 0.1) is 13.7 Å². The first kappa shape index (κ1) is 12.0. The van der Waals surface area contributed by atoms with Crippen molar-refractivity contribution in [3.63, 3.8) is 0 Å². The Morgan fingerprint density at radius 3 is 2.73 bits per heavy atom. The second kappa shape index (κ2) is 5.72. The number of rotatable bonds is 5. The van der Waals surface area contributed by atoms with E-state index in [0.717, 1.165) is 0 Å². The van der Waals surface area contributed by atoms with Crippen LogP contribution in [-0.4, -0.2) is 46.1 Å². The molecule has 1 heterocycles. The van der Waals surface area contributed by atoms with Gasteiger partial charge in [-0.3, -0.25) is 0 Å². The predicted molar refractivity (Wildman–Crippen MR) is 58.3 cm³/mol. The summed E-state index contributed by atoms with van der Waals surface area (Å²) < 4.78 is 4.93. The lowest BCUT2D eigenvalue weighted by Crippen LogP contribution is -2.07. The Morgan fingerprint density at radius 1 is 1.47 bits per heavy atom. The second-order valence-corrected chi connectivity index (χ2v) is 4.19. The van der Waals surface area contributed by atoms with E-state index in [1.165, 1.54) is 18.9 Å². The molecule has 0 aliphatic rings. The summed E-state index contributed by atoms with van der Waals surface area (Å²) in [5.74, 6) is 0.453. The van der Waals surface area contributed by atoms with Crippen molar-refractivity contribution in [1.82, 2.24) is 15.0 Å². The van der Waals surface area contributed by atoms with Gasteiger partial charge in [0.25, 0.3) is 0 Å². The van der Waals surface area contributed by atoms with Crippen LogP contribution < -0.4 is 10.1 Å². The molecule has 7 heteroatoms. The number of methoxy groups -OCH3 is 1. The smallest absolute Gasteiger partial charge is 0.321 e. The van der Waals surface area contributed by atoms with Crippen LogP contribution in [0.2, 0.25) is 0 Å². The highest BCUT2D eigenvalue weighted by Gasteiger charge is 2.09. The van der Waals surface area contributed by atoms with Crippen LogP contribution >= 0.6 is 11.8 Å². The number of nitrogens with zero attached hydrogens (tertiary/aromatic N) is 3. The van der Waals surface area contributed by atoms with Crippen LogP contribution in [0.25, 0.3) is 0 Å². The van der Waals surface area contributed by atoms with E-state index in [0.29, 0.717) is 11.1 Å². The molecule has 0 saturated carbocycles. The number of nitrogens with one attached hydrogen (secondary N) is 1. The van der Waals surface area contributed by atoms with E-state index in [1.807, 2.05) is 6.92 Å². The van der Waals surface area contributed by atoms with Crippen molar-refractivity contribution in [2.75, 3.05) is 26.1 Å². The Morgan fingerprint density at radius 2 is 2.20 bits per heavy atom. The summed E-state index contributed by atoms with van der Waals surface area (Å²) in [6.07, 6.45) is 0. The quantitative estimate of drug-likeness (QED) is 0.708. The zero-order valence-electron chi connectivity index (χ0n) is 8.89. The van der Waals surface area contributed by atoms with Crippen LogP contribution in [0.4, 0.5) is 5.95 Å². The first-order valence-corrected chi connectivity index (χ1v) is 5.33. The van der Waals surface area contributed by atoms with Gasteiger partial charge >= 0.3 is 6.01 Å². The van der Waals surface area contributed by atoms with Crippen LogP contribution in [0.15, 0.2) is 5.16 Å². The topological polar surface area (TPSA) is 80.2 Å². The molecule has 0 aliphatic carbocycles. The minimum Gasteiger partial charge on any atom is -0.467 e. The largest absolute Gasteiger partial charge is 0.467 e. The zero-order valence-corrected chi connectivity index (χ0v) is 9.71. The van der Waals surface area contributed by atoms with Gasteiger partial charge in [0.2, 0.25) is 5.95 Å². The molecule has 1 atom stereocenters. The van der Waals surface area contributed by atoms with E-state index >= 15 is 0 Å². The summed E-state index contributed by atoms with van der Waals surface area (Å²) in [7, 11) is 3.22. The molecule has 0 aromatic carbocycles. The molecule has 0 spiro atoms. The third-order valence-electron chi connectivity index (χ3n) is 1.56. The Kier molecular flexibility index (Phi) is 4.57. The molecular weight excluding hydrogens is 216 g/mol. The molecule has 1 aromatic rings. The Bertz CT molecular complexity index is 301. The van der Waals surface area contributed by atoms with Gasteiger partial charge in [-0.15, -0.1) is 0 Å². The summed E-state index contributed by atoms with van der Waals surface area (Å²) in [5.41, 5.74) is 0. The lowest BCUT2D eigenvalue weighted by atomic mass is 10.5. The standard InChI is InChI=1S/C8H14N4O2S/c1-5(4-13)15-8-11-6(9-2)10-7(12-8)14-3/h5,13H,4H2,1-3H3,(H,9,10,11,12). The summed E-state index contributed by atoms with van der Waals surface area (Å²) >= 11 is 1.37. The third-order valence-corrected chi connectivity index (χ3v) is 2.51. The lowest BCUT2D eigenvalue weighted by Gasteiger charge is -2.08. The minimum absolute atomic E-state index is 0.0433. The van der Waals surface area contributed by atoms with Gasteiger partial charge in [-0.2, -0.15) is 15.0 Å². The molecule has 0 bridgehead atoms. The number of ether oxygens (including phenoxy) is 1. The number of aliphatic hydroxyl groups is 1. The summed E-state index contributed by atoms with van der Waals surface area (Å²) in [4.78, 5) is 12.2. The van der Waals surface area contributed by atoms with Crippen molar-refractivity contribution in [3.8, 4) is 6.01 Å². The average molecular weight is 230 g/mol. The van der Waals surface area contributed by atoms with Gasteiger partial charge in [-0.25, -0.2) is 0 Å². The number of thioether (sulfide) groups is 1. The van der Waals surface area contributed by atoms with Gasteiger partial charge in [0, 0.05) is 12.3 Å². The molecule has 1 aromatic heterocycles. The molecule has 6 nitrogen and oxygen atoms in total. The van der Waals surface area contributed by atoms with E-state index in [4.69, 9.17) is 9.84 Å². The van der Waals surface area contributed by atoms with Crippen LogP contribution in [0, 0.1) is 0 Å². The first-order chi connectivity index (χ1) is 7.19. The van der Waals surface area contributed by atoms with Gasteiger partial charge in [-0.1, -0.05) is 18.7 Å². The summed E-state index contributed by atoms with van der Waals surface area (Å²) in [6.45, 7) is 1.97. The maximum Gasteiger partial charge on any atom is 0.321 e.